The molecule has 1 rings (SSSR count). The monoisotopic (exact) mass is 184 g/mol. The van der Waals surface area contributed by atoms with Gasteiger partial charge in [0.05, 0.1) is 0 Å². The maximum Gasteiger partial charge on any atom is 0.360 e. The van der Waals surface area contributed by atoms with E-state index in [4.69, 9.17) is 9.63 Å². The van der Waals surface area contributed by atoms with E-state index in [1.807, 2.05) is 13.8 Å². The summed E-state index contributed by atoms with van der Waals surface area (Å²) in [4.78, 5) is 10.7. The minimum Gasteiger partial charge on any atom is -0.476 e. The van der Waals surface area contributed by atoms with Gasteiger partial charge in [-0.25, -0.2) is 4.79 Å². The van der Waals surface area contributed by atoms with Crippen LogP contribution in [0, 0.1) is 6.92 Å². The van der Waals surface area contributed by atoms with Crippen molar-refractivity contribution >= 4 is 11.7 Å². The van der Waals surface area contributed by atoms with E-state index >= 15 is 0 Å². The van der Waals surface area contributed by atoms with Crippen LogP contribution >= 0.6 is 0 Å². The van der Waals surface area contributed by atoms with Gasteiger partial charge in [-0.3, -0.25) is 0 Å². The molecule has 0 aliphatic heterocycles. The summed E-state index contributed by atoms with van der Waals surface area (Å²) >= 11 is 0. The first-order valence-electron chi connectivity index (χ1n) is 3.98. The number of aryl methyl sites for hydroxylation is 1. The number of anilines is 1. The van der Waals surface area contributed by atoms with Crippen LogP contribution in [0.5, 0.6) is 0 Å². The summed E-state index contributed by atoms with van der Waals surface area (Å²) in [5.41, 5.74) is 0.397. The zero-order valence-corrected chi connectivity index (χ0v) is 7.79. The van der Waals surface area contributed by atoms with E-state index in [2.05, 4.69) is 10.5 Å². The zero-order valence-electron chi connectivity index (χ0n) is 7.79. The van der Waals surface area contributed by atoms with Crippen molar-refractivity contribution in [3.8, 4) is 0 Å². The van der Waals surface area contributed by atoms with Gasteiger partial charge in [0, 0.05) is 6.04 Å². The van der Waals surface area contributed by atoms with Gasteiger partial charge in [0.1, 0.15) is 5.69 Å². The van der Waals surface area contributed by atoms with Gasteiger partial charge in [-0.05, 0) is 20.8 Å². The Morgan fingerprint density at radius 2 is 2.23 bits per heavy atom. The van der Waals surface area contributed by atoms with E-state index in [0.717, 1.165) is 0 Å². The van der Waals surface area contributed by atoms with Gasteiger partial charge in [0.2, 0.25) is 5.69 Å². The molecule has 0 saturated heterocycles. The van der Waals surface area contributed by atoms with Crippen molar-refractivity contribution < 1.29 is 14.4 Å². The third-order valence-corrected chi connectivity index (χ3v) is 1.50. The third kappa shape index (κ3) is 1.99. The Hall–Kier alpha value is -1.52. The summed E-state index contributed by atoms with van der Waals surface area (Å²) in [6.07, 6.45) is 0. The molecule has 13 heavy (non-hydrogen) atoms. The van der Waals surface area contributed by atoms with Gasteiger partial charge < -0.3 is 14.9 Å². The molecule has 0 amide bonds. The number of aromatic nitrogens is 1. The van der Waals surface area contributed by atoms with Crippen molar-refractivity contribution in [2.45, 2.75) is 26.8 Å². The summed E-state index contributed by atoms with van der Waals surface area (Å²) in [5.74, 6) is -0.592. The van der Waals surface area contributed by atoms with Crippen LogP contribution in [0.15, 0.2) is 4.52 Å². The molecule has 0 saturated carbocycles. The van der Waals surface area contributed by atoms with Crippen LogP contribution in [-0.4, -0.2) is 22.3 Å². The van der Waals surface area contributed by atoms with Gasteiger partial charge in [-0.1, -0.05) is 5.16 Å². The first kappa shape index (κ1) is 9.57. The molecule has 0 fully saturated rings. The first-order valence-corrected chi connectivity index (χ1v) is 3.98. The van der Waals surface area contributed by atoms with Crippen LogP contribution in [-0.2, 0) is 0 Å². The number of nitrogens with zero attached hydrogens (tertiary/aromatic N) is 1. The molecule has 0 aliphatic rings. The summed E-state index contributed by atoms with van der Waals surface area (Å²) in [6.45, 7) is 5.50. The van der Waals surface area contributed by atoms with Gasteiger partial charge in [-0.15, -0.1) is 0 Å². The standard InChI is InChI=1S/C8H12N2O3/c1-4(2)9-6-5(3)13-10-7(6)8(11)12/h4,9H,1-3H3,(H,11,12). The third-order valence-electron chi connectivity index (χ3n) is 1.50. The molecule has 0 aliphatic carbocycles. The lowest BCUT2D eigenvalue weighted by atomic mass is 10.2. The summed E-state index contributed by atoms with van der Waals surface area (Å²) in [5, 5.41) is 15.1. The fraction of sp³-hybridized carbons (Fsp3) is 0.500. The molecule has 0 aromatic carbocycles. The van der Waals surface area contributed by atoms with E-state index < -0.39 is 5.97 Å². The van der Waals surface area contributed by atoms with Gasteiger partial charge in [-0.2, -0.15) is 0 Å². The molecular formula is C8H12N2O3. The zero-order chi connectivity index (χ0) is 10.0. The number of nitrogens with one attached hydrogen (secondary N) is 1. The highest BCUT2D eigenvalue weighted by Gasteiger charge is 2.18. The Labute approximate surface area is 75.7 Å². The molecule has 2 N–H and O–H groups in total. The quantitative estimate of drug-likeness (QED) is 0.744. The lowest BCUT2D eigenvalue weighted by molar-refractivity contribution is 0.0686. The second-order valence-electron chi connectivity index (χ2n) is 3.07. The molecule has 0 bridgehead atoms. The Morgan fingerprint density at radius 1 is 1.62 bits per heavy atom. The van der Waals surface area contributed by atoms with Gasteiger partial charge in [0.15, 0.2) is 5.76 Å². The summed E-state index contributed by atoms with van der Waals surface area (Å²) in [6, 6.07) is 0.149. The van der Waals surface area contributed by atoms with Crippen LogP contribution in [0.2, 0.25) is 0 Å². The number of carbonyl (C=O) groups is 1. The van der Waals surface area contributed by atoms with E-state index in [-0.39, 0.29) is 11.7 Å². The average molecular weight is 184 g/mol. The normalized spacial score (nSPS) is 10.5. The molecule has 0 spiro atoms. The number of hydrogen-bond donors (Lipinski definition) is 2. The van der Waals surface area contributed by atoms with Crippen LogP contribution in [0.25, 0.3) is 0 Å². The van der Waals surface area contributed by atoms with Crippen LogP contribution in [0.4, 0.5) is 5.69 Å². The topological polar surface area (TPSA) is 75.4 Å². The molecule has 0 radical (unpaired) electrons. The van der Waals surface area contributed by atoms with Gasteiger partial charge in [0.25, 0.3) is 0 Å². The minimum atomic E-state index is -1.08. The van der Waals surface area contributed by atoms with Gasteiger partial charge >= 0.3 is 5.97 Å². The second kappa shape index (κ2) is 3.47. The fourth-order valence-corrected chi connectivity index (χ4v) is 0.977. The van der Waals surface area contributed by atoms with E-state index in [9.17, 15) is 4.79 Å². The number of rotatable bonds is 3. The Morgan fingerprint density at radius 3 is 2.69 bits per heavy atom. The van der Waals surface area contributed by atoms with Crippen molar-refractivity contribution in [3.63, 3.8) is 0 Å². The van der Waals surface area contributed by atoms with Crippen molar-refractivity contribution in [1.29, 1.82) is 0 Å². The summed E-state index contributed by atoms with van der Waals surface area (Å²) < 4.78 is 4.76. The second-order valence-corrected chi connectivity index (χ2v) is 3.07. The molecule has 0 unspecified atom stereocenters. The van der Waals surface area contributed by atoms with Crippen molar-refractivity contribution in [1.82, 2.24) is 5.16 Å². The van der Waals surface area contributed by atoms with E-state index in [1.54, 1.807) is 6.92 Å². The minimum absolute atomic E-state index is 0.0637. The molecule has 5 nitrogen and oxygen atoms in total. The van der Waals surface area contributed by atoms with E-state index in [0.29, 0.717) is 11.4 Å². The highest BCUT2D eigenvalue weighted by atomic mass is 16.5. The molecule has 1 aromatic heterocycles. The predicted molar refractivity (Wildman–Crippen MR) is 47.0 cm³/mol. The van der Waals surface area contributed by atoms with Crippen molar-refractivity contribution in [2.75, 3.05) is 5.32 Å². The Bertz CT molecular complexity index is 317. The highest BCUT2D eigenvalue weighted by Crippen LogP contribution is 2.20. The SMILES string of the molecule is Cc1onc(C(=O)O)c1NC(C)C. The largest absolute Gasteiger partial charge is 0.476 e. The van der Waals surface area contributed by atoms with Crippen LogP contribution in [0.3, 0.4) is 0 Å². The molecule has 72 valence electrons. The molecular weight excluding hydrogens is 172 g/mol. The Kier molecular flexibility index (Phi) is 2.55. The van der Waals surface area contributed by atoms with E-state index in [1.165, 1.54) is 0 Å². The fourth-order valence-electron chi connectivity index (χ4n) is 0.977. The van der Waals surface area contributed by atoms with Crippen molar-refractivity contribution in [2.24, 2.45) is 0 Å². The number of aromatic carboxylic acids is 1. The lowest BCUT2D eigenvalue weighted by Gasteiger charge is -2.07. The average Bonchev–Trinajstić information content (AvgIpc) is 2.32. The maximum absolute atomic E-state index is 10.7. The number of carboxylic acid groups (broad SMARTS) is 1. The molecule has 0 atom stereocenters. The number of hydrogen-bond acceptors (Lipinski definition) is 4. The molecule has 1 aromatic rings. The van der Waals surface area contributed by atoms with Crippen LogP contribution < -0.4 is 5.32 Å². The molecule has 1 heterocycles. The number of carboxylic acids is 1. The lowest BCUT2D eigenvalue weighted by Crippen LogP contribution is -2.13. The van der Waals surface area contributed by atoms with Crippen molar-refractivity contribution in [3.05, 3.63) is 11.5 Å². The highest BCUT2D eigenvalue weighted by molar-refractivity contribution is 5.92. The summed E-state index contributed by atoms with van der Waals surface area (Å²) in [7, 11) is 0. The predicted octanol–water partition coefficient (Wildman–Crippen LogP) is 1.50. The smallest absolute Gasteiger partial charge is 0.360 e. The maximum atomic E-state index is 10.7. The first-order chi connectivity index (χ1) is 6.02. The molecule has 5 heteroatoms. The van der Waals surface area contributed by atoms with Crippen LogP contribution in [0.1, 0.15) is 30.1 Å². The Balaban J connectivity index is 3.01.